The summed E-state index contributed by atoms with van der Waals surface area (Å²) in [5.74, 6) is -3.69. The van der Waals surface area contributed by atoms with Crippen LogP contribution in [0, 0.1) is 6.92 Å². The quantitative estimate of drug-likeness (QED) is 0.0593. The maximum atomic E-state index is 13.2. The molecule has 0 amide bonds. The molecule has 4 aromatic carbocycles. The maximum Gasteiger partial charge on any atom is 0.308 e. The monoisotopic (exact) mass is 794 g/mol. The molecule has 0 bridgehead atoms. The van der Waals surface area contributed by atoms with Crippen molar-refractivity contribution in [2.24, 2.45) is 0 Å². The number of carbonyl (C=O) groups is 4. The van der Waals surface area contributed by atoms with Crippen LogP contribution in [0.5, 0.6) is 17.2 Å². The van der Waals surface area contributed by atoms with Gasteiger partial charge in [-0.2, -0.15) is 0 Å². The van der Waals surface area contributed by atoms with Gasteiger partial charge in [0.15, 0.2) is 29.1 Å². The summed E-state index contributed by atoms with van der Waals surface area (Å²) in [5.41, 5.74) is 0.483. The van der Waals surface area contributed by atoms with Crippen LogP contribution >= 0.6 is 0 Å². The summed E-state index contributed by atoms with van der Waals surface area (Å²) in [6.07, 6.45) is -7.52. The van der Waals surface area contributed by atoms with Crippen molar-refractivity contribution in [2.75, 3.05) is 13.7 Å². The van der Waals surface area contributed by atoms with Crippen molar-refractivity contribution in [3.63, 3.8) is 0 Å². The van der Waals surface area contributed by atoms with E-state index in [0.717, 1.165) is 44.4 Å². The number of fused-ring (bicyclic) bond motifs is 1. The molecule has 14 heteroatoms. The molecule has 0 spiro atoms. The summed E-state index contributed by atoms with van der Waals surface area (Å²) < 4.78 is 54.2. The van der Waals surface area contributed by atoms with Crippen LogP contribution in [0.1, 0.15) is 50.1 Å². The molecule has 5 atom stereocenters. The number of carbonyl (C=O) groups excluding carboxylic acids is 4. The van der Waals surface area contributed by atoms with Crippen molar-refractivity contribution in [2.45, 2.75) is 70.9 Å². The highest BCUT2D eigenvalue weighted by molar-refractivity contribution is 5.90. The second-order valence-electron chi connectivity index (χ2n) is 13.4. The van der Waals surface area contributed by atoms with Gasteiger partial charge in [-0.3, -0.25) is 24.0 Å². The van der Waals surface area contributed by atoms with E-state index in [1.807, 2.05) is 91.0 Å². The molecule has 0 unspecified atom stereocenters. The zero-order chi connectivity index (χ0) is 41.6. The van der Waals surface area contributed by atoms with Crippen LogP contribution in [0.3, 0.4) is 0 Å². The Hall–Kier alpha value is -6.51. The van der Waals surface area contributed by atoms with E-state index < -0.39 is 65.6 Å². The van der Waals surface area contributed by atoms with Crippen LogP contribution in [0.25, 0.3) is 11.0 Å². The first-order chi connectivity index (χ1) is 27.8. The maximum absolute atomic E-state index is 13.2. The molecule has 1 aliphatic rings. The van der Waals surface area contributed by atoms with Gasteiger partial charge in [0.2, 0.25) is 18.1 Å². The normalized spacial score (nSPS) is 19.1. The molecule has 0 saturated carbocycles. The molecule has 14 nitrogen and oxygen atoms in total. The van der Waals surface area contributed by atoms with E-state index in [-0.39, 0.29) is 40.6 Å². The lowest BCUT2D eigenvalue weighted by Gasteiger charge is -2.45. The molecule has 0 N–H and O–H groups in total. The van der Waals surface area contributed by atoms with Crippen LogP contribution in [0.4, 0.5) is 0 Å². The number of rotatable bonds is 13. The summed E-state index contributed by atoms with van der Waals surface area (Å²) in [6, 6.07) is 30.9. The Morgan fingerprint density at radius 1 is 0.655 bits per heavy atom. The molecule has 5 aromatic rings. The third-order valence-electron chi connectivity index (χ3n) is 9.21. The molecule has 6 rings (SSSR count). The third-order valence-corrected chi connectivity index (χ3v) is 9.21. The fourth-order valence-corrected chi connectivity index (χ4v) is 7.08. The first-order valence-corrected chi connectivity index (χ1v) is 18.3. The Morgan fingerprint density at radius 2 is 1.16 bits per heavy atom. The van der Waals surface area contributed by atoms with E-state index in [0.29, 0.717) is 0 Å². The number of aryl methyl sites for hydroxylation is 1. The molecule has 0 aliphatic carbocycles. The Morgan fingerprint density at radius 3 is 1.64 bits per heavy atom. The predicted molar refractivity (Wildman–Crippen MR) is 206 cm³/mol. The standard InChI is InChI=1S/C44H42O14/c1-25-22-33(49)37-34(52-25)23-35(38(40(37)50-6)53-26(2)45)57-43-42(56-29(5)48)41(55-28(4)47)39(54-27(3)46)36(58-43)24-51-44(30-16-10-7-11-17-30,31-18-12-8-13-19-31)32-20-14-9-15-21-32/h7-23,36,39,41-43H,24H2,1-6H3/t36-,39-,41+,42-,43-/m1/s1. The molecule has 2 heterocycles. The molecular formula is C44H42O14. The minimum Gasteiger partial charge on any atom is -0.492 e. The fourth-order valence-electron chi connectivity index (χ4n) is 7.08. The van der Waals surface area contributed by atoms with E-state index in [4.69, 9.17) is 42.3 Å². The van der Waals surface area contributed by atoms with E-state index >= 15 is 0 Å². The van der Waals surface area contributed by atoms with Crippen molar-refractivity contribution >= 4 is 34.8 Å². The van der Waals surface area contributed by atoms with Gasteiger partial charge in [0.05, 0.1) is 13.7 Å². The number of esters is 4. The highest BCUT2D eigenvalue weighted by Crippen LogP contribution is 2.45. The first kappa shape index (κ1) is 41.1. The highest BCUT2D eigenvalue weighted by atomic mass is 16.7. The van der Waals surface area contributed by atoms with Crippen molar-refractivity contribution < 1.29 is 61.5 Å². The zero-order valence-corrected chi connectivity index (χ0v) is 32.6. The Bertz CT molecular complexity index is 2230. The molecule has 1 aliphatic heterocycles. The van der Waals surface area contributed by atoms with E-state index in [9.17, 15) is 24.0 Å². The van der Waals surface area contributed by atoms with Gasteiger partial charge in [-0.15, -0.1) is 0 Å². The molecule has 0 radical (unpaired) electrons. The van der Waals surface area contributed by atoms with Crippen molar-refractivity contribution in [1.82, 2.24) is 0 Å². The lowest BCUT2D eigenvalue weighted by atomic mass is 9.80. The van der Waals surface area contributed by atoms with Gasteiger partial charge in [0, 0.05) is 39.8 Å². The topological polar surface area (TPSA) is 172 Å². The van der Waals surface area contributed by atoms with Gasteiger partial charge in [0.1, 0.15) is 28.4 Å². The molecular weight excluding hydrogens is 752 g/mol. The van der Waals surface area contributed by atoms with E-state index in [1.165, 1.54) is 19.2 Å². The summed E-state index contributed by atoms with van der Waals surface area (Å²) in [6.45, 7) is 5.78. The van der Waals surface area contributed by atoms with Crippen LogP contribution < -0.4 is 19.6 Å². The van der Waals surface area contributed by atoms with Crippen molar-refractivity contribution in [1.29, 1.82) is 0 Å². The second kappa shape index (κ2) is 17.7. The molecule has 1 aromatic heterocycles. The van der Waals surface area contributed by atoms with Gasteiger partial charge < -0.3 is 42.3 Å². The number of methoxy groups -OCH3 is 1. The second-order valence-corrected chi connectivity index (χ2v) is 13.4. The molecule has 58 heavy (non-hydrogen) atoms. The van der Waals surface area contributed by atoms with Crippen molar-refractivity contribution in [3.05, 3.63) is 136 Å². The number of hydrogen-bond donors (Lipinski definition) is 0. The number of ether oxygens (including phenoxy) is 8. The minimum atomic E-state index is -1.68. The van der Waals surface area contributed by atoms with Gasteiger partial charge in [-0.05, 0) is 23.6 Å². The SMILES string of the molecule is COc1c(OC(C)=O)c(O[C@@H]2O[C@H](COC(c3ccccc3)(c3ccccc3)c3ccccc3)[C@@H](OC(C)=O)[C@H](OC(C)=O)[C@H]2OC(C)=O)cc2oc(C)cc(=O)c12. The average Bonchev–Trinajstić information content (AvgIpc) is 3.18. The summed E-state index contributed by atoms with van der Waals surface area (Å²) in [4.78, 5) is 63.8. The molecule has 1 fully saturated rings. The van der Waals surface area contributed by atoms with Gasteiger partial charge in [0.25, 0.3) is 0 Å². The zero-order valence-electron chi connectivity index (χ0n) is 32.6. The minimum absolute atomic E-state index is 0.000161. The highest BCUT2D eigenvalue weighted by Gasteiger charge is 2.54. The van der Waals surface area contributed by atoms with Crippen LogP contribution in [-0.4, -0.2) is 68.3 Å². The average molecular weight is 795 g/mol. The smallest absolute Gasteiger partial charge is 0.308 e. The van der Waals surface area contributed by atoms with E-state index in [2.05, 4.69) is 0 Å². The largest absolute Gasteiger partial charge is 0.492 e. The summed E-state index contributed by atoms with van der Waals surface area (Å²) >= 11 is 0. The Balaban J connectivity index is 1.52. The van der Waals surface area contributed by atoms with Gasteiger partial charge in [-0.1, -0.05) is 91.0 Å². The first-order valence-electron chi connectivity index (χ1n) is 18.3. The number of hydrogen-bond acceptors (Lipinski definition) is 14. The van der Waals surface area contributed by atoms with Gasteiger partial charge >= 0.3 is 23.9 Å². The summed E-state index contributed by atoms with van der Waals surface area (Å²) in [5, 5.41) is -0.0455. The third kappa shape index (κ3) is 8.72. The fraction of sp³-hybridized carbons (Fsp3) is 0.295. The van der Waals surface area contributed by atoms with E-state index in [1.54, 1.807) is 6.92 Å². The van der Waals surface area contributed by atoms with Gasteiger partial charge in [-0.25, -0.2) is 0 Å². The summed E-state index contributed by atoms with van der Waals surface area (Å²) in [7, 11) is 1.26. The lowest BCUT2D eigenvalue weighted by molar-refractivity contribution is -0.292. The Kier molecular flexibility index (Phi) is 12.6. The van der Waals surface area contributed by atoms with Crippen LogP contribution in [0.2, 0.25) is 0 Å². The van der Waals surface area contributed by atoms with Crippen LogP contribution in [-0.2, 0) is 48.5 Å². The van der Waals surface area contributed by atoms with Crippen molar-refractivity contribution in [3.8, 4) is 17.2 Å². The lowest BCUT2D eigenvalue weighted by Crippen LogP contribution is -2.64. The number of benzene rings is 4. The Labute approximate surface area is 333 Å². The predicted octanol–water partition coefficient (Wildman–Crippen LogP) is 5.94. The molecule has 1 saturated heterocycles. The van der Waals surface area contributed by atoms with Crippen LogP contribution in [0.15, 0.2) is 112 Å². The molecule has 302 valence electrons.